The molecule has 0 aliphatic carbocycles. The summed E-state index contributed by atoms with van der Waals surface area (Å²) in [5.41, 5.74) is 3.40. The van der Waals surface area contributed by atoms with Crippen LogP contribution in [-0.2, 0) is 9.47 Å². The number of hydrogen-bond donors (Lipinski definition) is 0. The first kappa shape index (κ1) is 23.1. The van der Waals surface area contributed by atoms with Gasteiger partial charge in [0.1, 0.15) is 11.5 Å². The van der Waals surface area contributed by atoms with Crippen molar-refractivity contribution in [3.8, 4) is 11.5 Å². The van der Waals surface area contributed by atoms with E-state index in [1.165, 1.54) is 0 Å². The molecule has 0 saturated carbocycles. The monoisotopic (exact) mass is 423 g/mol. The summed E-state index contributed by atoms with van der Waals surface area (Å²) in [6.07, 6.45) is 3.14. The highest BCUT2D eigenvalue weighted by Crippen LogP contribution is 2.49. The van der Waals surface area contributed by atoms with Gasteiger partial charge in [0, 0.05) is 25.3 Å². The minimum absolute atomic E-state index is 0.182. The molecular formula is C26H33NO4. The summed E-state index contributed by atoms with van der Waals surface area (Å²) in [6, 6.07) is 16.0. The third-order valence-electron chi connectivity index (χ3n) is 6.02. The summed E-state index contributed by atoms with van der Waals surface area (Å²) in [4.78, 5) is 2.36. The van der Waals surface area contributed by atoms with Gasteiger partial charge in [-0.1, -0.05) is 49.6 Å². The predicted molar refractivity (Wildman–Crippen MR) is 125 cm³/mol. The first-order valence-corrected chi connectivity index (χ1v) is 10.6. The van der Waals surface area contributed by atoms with Crippen molar-refractivity contribution in [2.24, 2.45) is 0 Å². The van der Waals surface area contributed by atoms with E-state index >= 15 is 0 Å². The Labute approximate surface area is 185 Å². The molecule has 1 fully saturated rings. The average Bonchev–Trinajstić information content (AvgIpc) is 2.81. The summed E-state index contributed by atoms with van der Waals surface area (Å²) in [5, 5.41) is 0. The van der Waals surface area contributed by atoms with Crippen LogP contribution < -0.4 is 9.47 Å². The van der Waals surface area contributed by atoms with Crippen molar-refractivity contribution >= 4 is 11.1 Å². The zero-order valence-electron chi connectivity index (χ0n) is 18.9. The van der Waals surface area contributed by atoms with Gasteiger partial charge < -0.3 is 18.9 Å². The Morgan fingerprint density at radius 2 is 1.32 bits per heavy atom. The number of likely N-dealkylation sites (N-methyl/N-ethyl adjacent to an activating group) is 1. The van der Waals surface area contributed by atoms with Crippen LogP contribution >= 0.6 is 0 Å². The van der Waals surface area contributed by atoms with Crippen molar-refractivity contribution in [3.05, 3.63) is 72.8 Å². The summed E-state index contributed by atoms with van der Waals surface area (Å²) in [5.74, 6) is 1.51. The predicted octanol–water partition coefficient (Wildman–Crippen LogP) is 5.23. The highest BCUT2D eigenvalue weighted by atomic mass is 16.7. The van der Waals surface area contributed by atoms with Gasteiger partial charge in [-0.25, -0.2) is 0 Å². The molecule has 1 saturated heterocycles. The maximum Gasteiger partial charge on any atom is 0.188 e. The maximum absolute atomic E-state index is 5.87. The number of piperidine rings is 1. The Morgan fingerprint density at radius 3 is 1.77 bits per heavy atom. The second-order valence-corrected chi connectivity index (χ2v) is 7.79. The van der Waals surface area contributed by atoms with Crippen LogP contribution in [0.2, 0.25) is 0 Å². The third kappa shape index (κ3) is 4.69. The molecule has 1 heterocycles. The topological polar surface area (TPSA) is 40.2 Å². The molecule has 2 aromatic carbocycles. The molecule has 1 aliphatic rings. The molecule has 0 N–H and O–H groups in total. The van der Waals surface area contributed by atoms with Gasteiger partial charge in [-0.15, -0.1) is 0 Å². The van der Waals surface area contributed by atoms with E-state index in [1.807, 2.05) is 36.4 Å². The van der Waals surface area contributed by atoms with E-state index in [4.69, 9.17) is 18.9 Å². The lowest BCUT2D eigenvalue weighted by atomic mass is 9.71. The molecule has 31 heavy (non-hydrogen) atoms. The van der Waals surface area contributed by atoms with Crippen LogP contribution in [0.25, 0.3) is 11.1 Å². The van der Waals surface area contributed by atoms with Crippen molar-refractivity contribution in [3.63, 3.8) is 0 Å². The van der Waals surface area contributed by atoms with Crippen molar-refractivity contribution < 1.29 is 18.9 Å². The molecule has 166 valence electrons. The molecule has 5 nitrogen and oxygen atoms in total. The van der Waals surface area contributed by atoms with Gasteiger partial charge in [-0.3, -0.25) is 4.90 Å². The summed E-state index contributed by atoms with van der Waals surface area (Å²) in [7, 11) is 5.38. The number of likely N-dealkylation sites (tertiary alicyclic amines) is 1. The standard InChI is InChI=1S/C26H33NO4/c1-20(22-12-6-8-14-24(22)30-18-28-4)26(16-10-11-17-27(26)3)21(2)23-13-7-9-15-25(23)31-19-29-5/h6-9,12-15H,1-2,10-11,16-19H2,3-5H3. The zero-order valence-corrected chi connectivity index (χ0v) is 18.9. The number of ether oxygens (including phenoxy) is 4. The summed E-state index contributed by atoms with van der Waals surface area (Å²) >= 11 is 0. The molecule has 0 radical (unpaired) electrons. The largest absolute Gasteiger partial charge is 0.467 e. The van der Waals surface area contributed by atoms with E-state index < -0.39 is 5.54 Å². The zero-order chi connectivity index (χ0) is 22.3. The maximum atomic E-state index is 5.87. The SMILES string of the molecule is C=C(c1ccccc1OCOC)C1(C(=C)c2ccccc2OCOC)CCCCN1C. The van der Waals surface area contributed by atoms with Gasteiger partial charge >= 0.3 is 0 Å². The van der Waals surface area contributed by atoms with Crippen molar-refractivity contribution in [2.45, 2.75) is 24.8 Å². The lowest BCUT2D eigenvalue weighted by molar-refractivity contribution is 0.0507. The van der Waals surface area contributed by atoms with Crippen LogP contribution in [-0.4, -0.2) is 51.8 Å². The molecule has 0 bridgehead atoms. The molecule has 0 amide bonds. The fraction of sp³-hybridized carbons (Fsp3) is 0.385. The van der Waals surface area contributed by atoms with Crippen molar-refractivity contribution in [1.82, 2.24) is 4.90 Å². The van der Waals surface area contributed by atoms with Crippen LogP contribution in [0, 0.1) is 0 Å². The third-order valence-corrected chi connectivity index (χ3v) is 6.02. The number of benzene rings is 2. The van der Waals surface area contributed by atoms with Gasteiger partial charge in [0.2, 0.25) is 0 Å². The number of hydrogen-bond acceptors (Lipinski definition) is 5. The highest BCUT2D eigenvalue weighted by molar-refractivity contribution is 5.91. The minimum atomic E-state index is -0.461. The molecule has 0 aromatic heterocycles. The second-order valence-electron chi connectivity index (χ2n) is 7.79. The van der Waals surface area contributed by atoms with E-state index in [2.05, 4.69) is 37.2 Å². The Bertz CT molecular complexity index is 844. The van der Waals surface area contributed by atoms with E-state index in [0.29, 0.717) is 0 Å². The van der Waals surface area contributed by atoms with Crippen LogP contribution in [0.5, 0.6) is 11.5 Å². The lowest BCUT2D eigenvalue weighted by Gasteiger charge is -2.48. The molecule has 1 aliphatic heterocycles. The molecule has 0 spiro atoms. The van der Waals surface area contributed by atoms with Gasteiger partial charge in [0.15, 0.2) is 13.6 Å². The first-order chi connectivity index (χ1) is 15.1. The molecule has 0 unspecified atom stereocenters. The van der Waals surface area contributed by atoms with Gasteiger partial charge in [0.25, 0.3) is 0 Å². The molecule has 2 aromatic rings. The first-order valence-electron chi connectivity index (χ1n) is 10.6. The molecule has 3 rings (SSSR count). The Morgan fingerprint density at radius 1 is 0.839 bits per heavy atom. The minimum Gasteiger partial charge on any atom is -0.467 e. The smallest absolute Gasteiger partial charge is 0.188 e. The van der Waals surface area contributed by atoms with Crippen LogP contribution in [0.3, 0.4) is 0 Å². The molecule has 5 heteroatoms. The fourth-order valence-electron chi connectivity index (χ4n) is 4.43. The van der Waals surface area contributed by atoms with E-state index in [9.17, 15) is 0 Å². The fourth-order valence-corrected chi connectivity index (χ4v) is 4.43. The normalized spacial score (nSPS) is 16.0. The number of para-hydroxylation sites is 2. The van der Waals surface area contributed by atoms with Gasteiger partial charge in [0.05, 0.1) is 5.54 Å². The number of nitrogens with zero attached hydrogens (tertiary/aromatic N) is 1. The number of rotatable bonds is 10. The van der Waals surface area contributed by atoms with Gasteiger partial charge in [-0.2, -0.15) is 0 Å². The highest BCUT2D eigenvalue weighted by Gasteiger charge is 2.44. The Kier molecular flexibility index (Phi) is 7.91. The van der Waals surface area contributed by atoms with E-state index in [1.54, 1.807) is 14.2 Å². The Balaban J connectivity index is 2.08. The average molecular weight is 424 g/mol. The van der Waals surface area contributed by atoms with Crippen LogP contribution in [0.4, 0.5) is 0 Å². The van der Waals surface area contributed by atoms with Crippen molar-refractivity contribution in [1.29, 1.82) is 0 Å². The Hall–Kier alpha value is -2.60. The number of methoxy groups -OCH3 is 2. The summed E-state index contributed by atoms with van der Waals surface area (Å²) in [6.45, 7) is 10.5. The molecular weight excluding hydrogens is 390 g/mol. The van der Waals surface area contributed by atoms with Crippen LogP contribution in [0.1, 0.15) is 30.4 Å². The van der Waals surface area contributed by atoms with Gasteiger partial charge in [-0.05, 0) is 56.1 Å². The second kappa shape index (κ2) is 10.6. The van der Waals surface area contributed by atoms with E-state index in [0.717, 1.165) is 59.6 Å². The van der Waals surface area contributed by atoms with Crippen molar-refractivity contribution in [2.75, 3.05) is 41.4 Å². The lowest BCUT2D eigenvalue weighted by Crippen LogP contribution is -2.51. The summed E-state index contributed by atoms with van der Waals surface area (Å²) < 4.78 is 22.0. The van der Waals surface area contributed by atoms with Crippen LogP contribution in [0.15, 0.2) is 61.7 Å². The quantitative estimate of drug-likeness (QED) is 0.489. The molecule has 0 atom stereocenters. The van der Waals surface area contributed by atoms with E-state index in [-0.39, 0.29) is 13.6 Å².